The quantitative estimate of drug-likeness (QED) is 0.425. The molecule has 0 aliphatic heterocycles. The summed E-state index contributed by atoms with van der Waals surface area (Å²) in [6.07, 6.45) is 6.66. The summed E-state index contributed by atoms with van der Waals surface area (Å²) in [7, 11) is 0. The zero-order valence-corrected chi connectivity index (χ0v) is 14.9. The largest absolute Gasteiger partial charge is 0.343 e. The fourth-order valence-corrected chi connectivity index (χ4v) is 3.00. The number of carbonyl (C=O) groups excluding carboxylic acids is 1. The summed E-state index contributed by atoms with van der Waals surface area (Å²) in [5, 5.41) is 5.05. The molecule has 0 spiro atoms. The highest BCUT2D eigenvalue weighted by atomic mass is 19.1. The number of halogens is 1. The molecular formula is C22H17FN4O. The molecule has 1 amide bonds. The average Bonchev–Trinajstić information content (AvgIpc) is 3.10. The van der Waals surface area contributed by atoms with E-state index in [4.69, 9.17) is 0 Å². The Morgan fingerprint density at radius 3 is 2.89 bits per heavy atom. The third-order valence-electron chi connectivity index (χ3n) is 4.34. The van der Waals surface area contributed by atoms with E-state index >= 15 is 0 Å². The van der Waals surface area contributed by atoms with Gasteiger partial charge in [0.05, 0.1) is 11.8 Å². The van der Waals surface area contributed by atoms with Gasteiger partial charge in [-0.15, -0.1) is 0 Å². The molecule has 4 aromatic rings. The first kappa shape index (κ1) is 17.6. The summed E-state index contributed by atoms with van der Waals surface area (Å²) in [5.74, 6) is -0.549. The minimum atomic E-state index is -0.313. The number of nitrogens with zero attached hydrogens (tertiary/aromatic N) is 3. The number of rotatable bonds is 5. The molecule has 0 saturated heterocycles. The Bertz CT molecular complexity index is 1150. The molecule has 4 rings (SSSR count). The number of benzene rings is 2. The van der Waals surface area contributed by atoms with E-state index < -0.39 is 0 Å². The number of amides is 1. The molecule has 0 saturated carbocycles. The Kier molecular flexibility index (Phi) is 4.93. The number of pyridine rings is 1. The highest BCUT2D eigenvalue weighted by Crippen LogP contribution is 2.19. The Balaban J connectivity index is 1.47. The molecule has 0 unspecified atom stereocenters. The molecule has 2 aromatic carbocycles. The first-order chi connectivity index (χ1) is 13.7. The maximum atomic E-state index is 13.4. The summed E-state index contributed by atoms with van der Waals surface area (Å²) < 4.78 is 15.5. The van der Waals surface area contributed by atoms with Crippen molar-refractivity contribution in [3.05, 3.63) is 102 Å². The minimum Gasteiger partial charge on any atom is -0.343 e. The number of aromatic nitrogens is 2. The predicted octanol–water partition coefficient (Wildman–Crippen LogP) is 3.99. The Labute approximate surface area is 161 Å². The maximum Gasteiger partial charge on any atom is 0.272 e. The lowest BCUT2D eigenvalue weighted by atomic mass is 10.1. The van der Waals surface area contributed by atoms with E-state index in [-0.39, 0.29) is 11.7 Å². The molecule has 5 nitrogen and oxygen atoms in total. The van der Waals surface area contributed by atoms with E-state index in [2.05, 4.69) is 20.1 Å². The van der Waals surface area contributed by atoms with Gasteiger partial charge in [-0.25, -0.2) is 9.82 Å². The normalized spacial score (nSPS) is 11.2. The van der Waals surface area contributed by atoms with Gasteiger partial charge in [-0.05, 0) is 53.6 Å². The van der Waals surface area contributed by atoms with Gasteiger partial charge in [0.2, 0.25) is 0 Å². The van der Waals surface area contributed by atoms with Crippen molar-refractivity contribution >= 4 is 23.0 Å². The SMILES string of the molecule is O=C(N/N=C/c1ccc2c(ccn2Cc2cccc(F)c2)c1)c1cccnc1. The van der Waals surface area contributed by atoms with E-state index in [0.717, 1.165) is 22.0 Å². The molecule has 138 valence electrons. The molecule has 1 N–H and O–H groups in total. The molecule has 2 aromatic heterocycles. The molecule has 0 aliphatic rings. The summed E-state index contributed by atoms with van der Waals surface area (Å²) in [5.41, 5.74) is 5.75. The van der Waals surface area contributed by atoms with Crippen LogP contribution in [0.15, 0.2) is 84.4 Å². The van der Waals surface area contributed by atoms with Crippen LogP contribution in [0.4, 0.5) is 4.39 Å². The van der Waals surface area contributed by atoms with Crippen molar-refractivity contribution in [1.82, 2.24) is 15.0 Å². The topological polar surface area (TPSA) is 59.3 Å². The molecule has 0 atom stereocenters. The van der Waals surface area contributed by atoms with Gasteiger partial charge in [-0.1, -0.05) is 18.2 Å². The zero-order valence-electron chi connectivity index (χ0n) is 14.9. The zero-order chi connectivity index (χ0) is 19.3. The van der Waals surface area contributed by atoms with E-state index in [1.807, 2.05) is 36.5 Å². The lowest BCUT2D eigenvalue weighted by molar-refractivity contribution is 0.0955. The van der Waals surface area contributed by atoms with Gasteiger partial charge in [0, 0.05) is 36.0 Å². The van der Waals surface area contributed by atoms with Gasteiger partial charge in [0.25, 0.3) is 5.91 Å². The van der Waals surface area contributed by atoms with Gasteiger partial charge >= 0.3 is 0 Å². The van der Waals surface area contributed by atoms with Crippen LogP contribution in [0.5, 0.6) is 0 Å². The van der Waals surface area contributed by atoms with Crippen LogP contribution >= 0.6 is 0 Å². The Morgan fingerprint density at radius 2 is 2.07 bits per heavy atom. The molecule has 28 heavy (non-hydrogen) atoms. The molecular weight excluding hydrogens is 355 g/mol. The number of hydrazone groups is 1. The first-order valence-electron chi connectivity index (χ1n) is 8.76. The van der Waals surface area contributed by atoms with Crippen LogP contribution in [0.2, 0.25) is 0 Å². The second-order valence-electron chi connectivity index (χ2n) is 6.33. The van der Waals surface area contributed by atoms with Crippen molar-refractivity contribution in [3.63, 3.8) is 0 Å². The molecule has 0 bridgehead atoms. The fraction of sp³-hybridized carbons (Fsp3) is 0.0455. The third-order valence-corrected chi connectivity index (χ3v) is 4.34. The monoisotopic (exact) mass is 372 g/mol. The van der Waals surface area contributed by atoms with E-state index in [1.165, 1.54) is 18.3 Å². The standard InChI is InChI=1S/C22H17FN4O/c23-20-5-1-3-17(12-20)15-27-10-8-18-11-16(6-7-21(18)27)13-25-26-22(28)19-4-2-9-24-14-19/h1-14H,15H2,(H,26,28)/b25-13+. The summed E-state index contributed by atoms with van der Waals surface area (Å²) in [6.45, 7) is 0.593. The summed E-state index contributed by atoms with van der Waals surface area (Å²) >= 11 is 0. The van der Waals surface area contributed by atoms with Crippen LogP contribution in [0.3, 0.4) is 0 Å². The van der Waals surface area contributed by atoms with Crippen LogP contribution in [-0.2, 0) is 6.54 Å². The van der Waals surface area contributed by atoms with E-state index in [0.29, 0.717) is 12.1 Å². The van der Waals surface area contributed by atoms with Crippen LogP contribution in [0, 0.1) is 5.82 Å². The average molecular weight is 372 g/mol. The minimum absolute atomic E-state index is 0.235. The highest BCUT2D eigenvalue weighted by molar-refractivity contribution is 5.95. The molecule has 0 fully saturated rings. The second-order valence-corrected chi connectivity index (χ2v) is 6.33. The third kappa shape index (κ3) is 3.96. The second kappa shape index (κ2) is 7.84. The van der Waals surface area contributed by atoms with Crippen molar-refractivity contribution in [3.8, 4) is 0 Å². The van der Waals surface area contributed by atoms with Gasteiger partial charge in [-0.2, -0.15) is 5.10 Å². The van der Waals surface area contributed by atoms with Crippen molar-refractivity contribution < 1.29 is 9.18 Å². The molecule has 2 heterocycles. The summed E-state index contributed by atoms with van der Waals surface area (Å²) in [4.78, 5) is 15.9. The van der Waals surface area contributed by atoms with Gasteiger partial charge in [-0.3, -0.25) is 9.78 Å². The lowest BCUT2D eigenvalue weighted by Crippen LogP contribution is -2.17. The maximum absolute atomic E-state index is 13.4. The molecule has 0 aliphatic carbocycles. The smallest absolute Gasteiger partial charge is 0.272 e. The molecule has 0 radical (unpaired) electrons. The van der Waals surface area contributed by atoms with Crippen molar-refractivity contribution in [1.29, 1.82) is 0 Å². The van der Waals surface area contributed by atoms with E-state index in [9.17, 15) is 9.18 Å². The van der Waals surface area contributed by atoms with Crippen molar-refractivity contribution in [2.45, 2.75) is 6.54 Å². The Morgan fingerprint density at radius 1 is 1.14 bits per heavy atom. The first-order valence-corrected chi connectivity index (χ1v) is 8.76. The van der Waals surface area contributed by atoms with Crippen LogP contribution < -0.4 is 5.43 Å². The van der Waals surface area contributed by atoms with Gasteiger partial charge < -0.3 is 4.57 Å². The number of hydrogen-bond donors (Lipinski definition) is 1. The van der Waals surface area contributed by atoms with Crippen LogP contribution in [0.25, 0.3) is 10.9 Å². The predicted molar refractivity (Wildman–Crippen MR) is 107 cm³/mol. The van der Waals surface area contributed by atoms with Gasteiger partial charge in [0.15, 0.2) is 0 Å². The number of hydrogen-bond acceptors (Lipinski definition) is 3. The number of nitrogens with one attached hydrogen (secondary N) is 1. The van der Waals surface area contributed by atoms with Gasteiger partial charge in [0.1, 0.15) is 5.82 Å². The Hall–Kier alpha value is -3.80. The van der Waals surface area contributed by atoms with Crippen molar-refractivity contribution in [2.24, 2.45) is 5.10 Å². The molecule has 6 heteroatoms. The highest BCUT2D eigenvalue weighted by Gasteiger charge is 2.05. The van der Waals surface area contributed by atoms with Crippen LogP contribution in [0.1, 0.15) is 21.5 Å². The summed E-state index contributed by atoms with van der Waals surface area (Å²) in [6, 6.07) is 17.9. The fourth-order valence-electron chi connectivity index (χ4n) is 3.00. The number of carbonyl (C=O) groups is 1. The van der Waals surface area contributed by atoms with Crippen molar-refractivity contribution in [2.75, 3.05) is 0 Å². The number of fused-ring (bicyclic) bond motifs is 1. The lowest BCUT2D eigenvalue weighted by Gasteiger charge is -2.06. The van der Waals surface area contributed by atoms with E-state index in [1.54, 1.807) is 30.6 Å². The van der Waals surface area contributed by atoms with Crippen LogP contribution in [-0.4, -0.2) is 21.7 Å².